The molecule has 6 heterocycles. The molecule has 0 fully saturated rings. The van der Waals surface area contributed by atoms with E-state index in [9.17, 15) is 0 Å². The summed E-state index contributed by atoms with van der Waals surface area (Å²) < 4.78 is 7.19. The summed E-state index contributed by atoms with van der Waals surface area (Å²) in [5.74, 6) is 2.13. The lowest BCUT2D eigenvalue weighted by atomic mass is 10.0. The molecule has 0 aliphatic heterocycles. The van der Waals surface area contributed by atoms with E-state index < -0.39 is 0 Å². The van der Waals surface area contributed by atoms with Crippen LogP contribution in [0.15, 0.2) is 540 Å². The molecule has 0 atom stereocenters. The van der Waals surface area contributed by atoms with Crippen LogP contribution in [-0.4, -0.2) is 43.6 Å². The molecular formula is C140H89N9. The number of rotatable bonds is 13. The van der Waals surface area contributed by atoms with Crippen LogP contribution in [0.1, 0.15) is 0 Å². The smallest absolute Gasteiger partial charge is 0.160 e. The first-order chi connectivity index (χ1) is 73.7. The van der Waals surface area contributed by atoms with Crippen molar-refractivity contribution in [3.8, 4) is 130 Å². The largest absolute Gasteiger partial charge is 0.309 e. The predicted molar refractivity (Wildman–Crippen MR) is 624 cm³/mol. The van der Waals surface area contributed by atoms with Crippen LogP contribution in [0.3, 0.4) is 0 Å². The first kappa shape index (κ1) is 86.8. The molecule has 0 aliphatic rings. The van der Waals surface area contributed by atoms with E-state index in [0.717, 1.165) is 128 Å². The number of hydrogen-bond acceptors (Lipinski definition) is 6. The van der Waals surface area contributed by atoms with E-state index in [-0.39, 0.29) is 0 Å². The maximum absolute atomic E-state index is 5.21. The Labute approximate surface area is 858 Å². The van der Waals surface area contributed by atoms with E-state index in [1.807, 2.05) is 48.5 Å². The number of benzene rings is 24. The fraction of sp³-hybridized carbons (Fsp3) is 0. The van der Waals surface area contributed by atoms with Gasteiger partial charge in [0.25, 0.3) is 0 Å². The molecule has 0 spiro atoms. The molecule has 0 radical (unpaired) electrons. The maximum Gasteiger partial charge on any atom is 0.160 e. The molecule has 9 heteroatoms. The van der Waals surface area contributed by atoms with Crippen molar-refractivity contribution in [2.45, 2.75) is 0 Å². The molecule has 0 saturated heterocycles. The third-order valence-electron chi connectivity index (χ3n) is 29.4. The van der Waals surface area contributed by atoms with Gasteiger partial charge in [-0.3, -0.25) is 0 Å². The quantitative estimate of drug-likeness (QED) is 0.114. The number of hydrogen-bond donors (Lipinski definition) is 0. The van der Waals surface area contributed by atoms with Gasteiger partial charge in [0.05, 0.1) is 67.3 Å². The Morgan fingerprint density at radius 1 is 0.107 bits per heavy atom. The second-order valence-corrected chi connectivity index (χ2v) is 38.5. The third-order valence-corrected chi connectivity index (χ3v) is 29.4. The number of para-hydroxylation sites is 3. The second kappa shape index (κ2) is 36.8. The first-order valence-electron chi connectivity index (χ1n) is 50.6. The topological polar surface area (TPSA) is 92.1 Å². The van der Waals surface area contributed by atoms with Gasteiger partial charge in [0.2, 0.25) is 0 Å². The zero-order chi connectivity index (χ0) is 98.4. The summed E-state index contributed by atoms with van der Waals surface area (Å²) in [4.78, 5) is 30.9. The van der Waals surface area contributed by atoms with Crippen molar-refractivity contribution in [1.82, 2.24) is 43.6 Å². The molecule has 0 N–H and O–H groups in total. The Morgan fingerprint density at radius 3 is 0.691 bits per heavy atom. The van der Waals surface area contributed by atoms with Gasteiger partial charge in [-0.25, -0.2) is 29.9 Å². The molecule has 0 amide bonds. The molecule has 0 aliphatic carbocycles. The Hall–Kier alpha value is -20.0. The highest BCUT2D eigenvalue weighted by atomic mass is 15.0. The molecule has 694 valence electrons. The van der Waals surface area contributed by atoms with Crippen molar-refractivity contribution in [2.75, 3.05) is 0 Å². The number of fused-ring (bicyclic) bond motifs is 17. The van der Waals surface area contributed by atoms with Crippen LogP contribution in [0, 0.1) is 0 Å². The van der Waals surface area contributed by atoms with Crippen LogP contribution in [0.25, 0.3) is 281 Å². The Kier molecular flexibility index (Phi) is 21.4. The standard InChI is InChI=1S/C50H31N3.C48H31N3.C42H27N3/c1-3-11-34-25-40(20-17-32(34)9-1)46-31-47(41-21-18-33-10-2-4-12-35(33)26-41)52-50(51-46)42-22-19-39-28-43(24-23-38(39)27-42)53-48-16-8-7-15-44(48)45-29-36-13-5-6-14-37(36)30-49(45)53;1-3-12-32(13-4-1)34-18-11-19-39(26-34)45-31-44(33-14-5-2-6-15-33)49-48(50-45)40-23-22-38-28-41(25-24-37(38)27-40)51-46-21-10-9-20-42(46)43-29-35-16-7-8-17-36(35)30-47(43)51;1-3-11-29(12-4-1)38-27-39(30-13-5-2-6-14-30)44-42(43-38)33-20-19-28-21-22-35(24-34(28)23-33)45-40-18-10-9-17-36(40)37-25-31-15-7-8-16-32(31)26-41(37)45/h1-31H;1-31H;1-27H. The normalized spacial score (nSPS) is 11.6. The van der Waals surface area contributed by atoms with Gasteiger partial charge in [-0.05, 0) is 243 Å². The average Bonchev–Trinajstić information content (AvgIpc) is 1.58. The molecule has 9 nitrogen and oxygen atoms in total. The van der Waals surface area contributed by atoms with Gasteiger partial charge in [-0.1, -0.05) is 394 Å². The van der Waals surface area contributed by atoms with Gasteiger partial charge < -0.3 is 13.7 Å². The third kappa shape index (κ3) is 16.2. The minimum absolute atomic E-state index is 0.705. The summed E-state index contributed by atoms with van der Waals surface area (Å²) in [5.41, 5.74) is 27.7. The first-order valence-corrected chi connectivity index (χ1v) is 50.6. The second-order valence-electron chi connectivity index (χ2n) is 38.5. The zero-order valence-electron chi connectivity index (χ0n) is 80.9. The highest BCUT2D eigenvalue weighted by Crippen LogP contribution is 2.44. The maximum atomic E-state index is 5.21. The molecule has 0 saturated carbocycles. The predicted octanol–water partition coefficient (Wildman–Crippen LogP) is 36.6. The van der Waals surface area contributed by atoms with Gasteiger partial charge in [-0.15, -0.1) is 0 Å². The number of aromatic nitrogens is 9. The van der Waals surface area contributed by atoms with Crippen LogP contribution in [-0.2, 0) is 0 Å². The van der Waals surface area contributed by atoms with Crippen molar-refractivity contribution in [3.63, 3.8) is 0 Å². The van der Waals surface area contributed by atoms with Crippen molar-refractivity contribution >= 4 is 152 Å². The zero-order valence-corrected chi connectivity index (χ0v) is 80.9. The fourth-order valence-electron chi connectivity index (χ4n) is 22.0. The SMILES string of the molecule is c1ccc(-c2cc(-c3ccccc3)nc(-c3ccc4ccc(-n5c6ccccc6c6cc7ccccc7cc65)cc4c3)n2)cc1.c1ccc(-c2cccc(-c3cc(-c4ccccc4)nc(-c4ccc5cc(-n6c7ccccc7c7cc8ccccc8cc76)ccc5c4)n3)c2)cc1.c1ccc2cc(-c3cc(-c4ccc5ccccc5c4)nc(-c4ccc5cc(-n6c7ccccc7c7cc8ccccc8cc76)ccc5c4)n3)ccc2c1. The van der Waals surface area contributed by atoms with Gasteiger partial charge in [-0.2, -0.15) is 0 Å². The Bertz CT molecular complexity index is 10400. The van der Waals surface area contributed by atoms with Crippen molar-refractivity contribution in [2.24, 2.45) is 0 Å². The molecule has 24 aromatic carbocycles. The van der Waals surface area contributed by atoms with Crippen LogP contribution in [0.5, 0.6) is 0 Å². The van der Waals surface area contributed by atoms with E-state index in [4.69, 9.17) is 29.9 Å². The highest BCUT2D eigenvalue weighted by molar-refractivity contribution is 6.17. The average molecular weight is 1900 g/mol. The molecular weight excluding hydrogens is 1810 g/mol. The minimum Gasteiger partial charge on any atom is -0.309 e. The lowest BCUT2D eigenvalue weighted by Crippen LogP contribution is -1.97. The van der Waals surface area contributed by atoms with E-state index in [1.54, 1.807) is 0 Å². The van der Waals surface area contributed by atoms with Gasteiger partial charge in [0.1, 0.15) is 0 Å². The molecule has 30 rings (SSSR count). The summed E-state index contributed by atoms with van der Waals surface area (Å²) in [6.45, 7) is 0. The van der Waals surface area contributed by atoms with E-state index >= 15 is 0 Å². The highest BCUT2D eigenvalue weighted by Gasteiger charge is 2.23. The summed E-state index contributed by atoms with van der Waals surface area (Å²) in [5, 5.41) is 26.8. The molecule has 30 aromatic rings. The van der Waals surface area contributed by atoms with E-state index in [1.165, 1.54) is 136 Å². The minimum atomic E-state index is 0.705. The van der Waals surface area contributed by atoms with Crippen LogP contribution >= 0.6 is 0 Å². The molecule has 0 bridgehead atoms. The van der Waals surface area contributed by atoms with Crippen molar-refractivity contribution < 1.29 is 0 Å². The summed E-state index contributed by atoms with van der Waals surface area (Å²) in [7, 11) is 0. The van der Waals surface area contributed by atoms with Crippen LogP contribution in [0.2, 0.25) is 0 Å². The fourth-order valence-corrected chi connectivity index (χ4v) is 22.0. The van der Waals surface area contributed by atoms with Crippen LogP contribution < -0.4 is 0 Å². The van der Waals surface area contributed by atoms with Crippen LogP contribution in [0.4, 0.5) is 0 Å². The Morgan fingerprint density at radius 2 is 0.329 bits per heavy atom. The van der Waals surface area contributed by atoms with Gasteiger partial charge >= 0.3 is 0 Å². The van der Waals surface area contributed by atoms with Crippen molar-refractivity contribution in [1.29, 1.82) is 0 Å². The number of nitrogens with zero attached hydrogens (tertiary/aromatic N) is 9. The van der Waals surface area contributed by atoms with E-state index in [0.29, 0.717) is 17.5 Å². The summed E-state index contributed by atoms with van der Waals surface area (Å²) >= 11 is 0. The Balaban J connectivity index is 0.000000108. The molecule has 6 aromatic heterocycles. The van der Waals surface area contributed by atoms with Gasteiger partial charge in [0.15, 0.2) is 17.5 Å². The van der Waals surface area contributed by atoms with Gasteiger partial charge in [0, 0.05) is 99.5 Å². The monoisotopic (exact) mass is 1900 g/mol. The molecule has 149 heavy (non-hydrogen) atoms. The lowest BCUT2D eigenvalue weighted by Gasteiger charge is -2.12. The molecule has 0 unspecified atom stereocenters. The summed E-state index contributed by atoms with van der Waals surface area (Å²) in [6, 6.07) is 192. The summed E-state index contributed by atoms with van der Waals surface area (Å²) in [6.07, 6.45) is 0. The van der Waals surface area contributed by atoms with Crippen molar-refractivity contribution in [3.05, 3.63) is 540 Å². The lowest BCUT2D eigenvalue weighted by molar-refractivity contribution is 1.18. The van der Waals surface area contributed by atoms with E-state index in [2.05, 4.69) is 505 Å².